The molecular formula is C15H24N4. The average Bonchev–Trinajstić information content (AvgIpc) is 2.98. The molecule has 1 unspecified atom stereocenters. The second kappa shape index (κ2) is 5.88. The van der Waals surface area contributed by atoms with Crippen molar-refractivity contribution >= 4 is 5.69 Å². The van der Waals surface area contributed by atoms with Gasteiger partial charge in [-0.05, 0) is 44.5 Å². The van der Waals surface area contributed by atoms with Gasteiger partial charge in [-0.2, -0.15) is 0 Å². The van der Waals surface area contributed by atoms with Gasteiger partial charge in [-0.1, -0.05) is 6.42 Å². The minimum Gasteiger partial charge on any atom is -0.368 e. The van der Waals surface area contributed by atoms with E-state index in [1.165, 1.54) is 44.5 Å². The van der Waals surface area contributed by atoms with E-state index in [0.29, 0.717) is 6.54 Å². The van der Waals surface area contributed by atoms with E-state index in [-0.39, 0.29) is 0 Å². The quantitative estimate of drug-likeness (QED) is 0.897. The van der Waals surface area contributed by atoms with Crippen molar-refractivity contribution in [2.24, 2.45) is 5.73 Å². The smallest absolute Gasteiger partial charge is 0.0772 e. The highest BCUT2D eigenvalue weighted by Crippen LogP contribution is 2.26. The van der Waals surface area contributed by atoms with E-state index in [4.69, 9.17) is 5.73 Å². The second-order valence-electron chi connectivity index (χ2n) is 5.66. The first-order valence-corrected chi connectivity index (χ1v) is 7.51. The molecule has 0 bridgehead atoms. The van der Waals surface area contributed by atoms with Crippen molar-refractivity contribution in [3.05, 3.63) is 24.0 Å². The van der Waals surface area contributed by atoms with Gasteiger partial charge in [-0.3, -0.25) is 9.88 Å². The summed E-state index contributed by atoms with van der Waals surface area (Å²) in [6.45, 7) is 5.38. The Balaban J connectivity index is 1.67. The maximum Gasteiger partial charge on any atom is 0.0772 e. The van der Waals surface area contributed by atoms with Gasteiger partial charge in [-0.25, -0.2) is 0 Å². The second-order valence-corrected chi connectivity index (χ2v) is 5.66. The summed E-state index contributed by atoms with van der Waals surface area (Å²) < 4.78 is 0. The molecular weight excluding hydrogens is 236 g/mol. The third-order valence-corrected chi connectivity index (χ3v) is 4.47. The van der Waals surface area contributed by atoms with Crippen LogP contribution in [-0.4, -0.2) is 42.1 Å². The molecule has 0 aliphatic carbocycles. The zero-order valence-electron chi connectivity index (χ0n) is 11.6. The Labute approximate surface area is 115 Å². The molecule has 0 saturated carbocycles. The maximum atomic E-state index is 5.80. The van der Waals surface area contributed by atoms with Crippen LogP contribution in [0.25, 0.3) is 0 Å². The molecule has 104 valence electrons. The van der Waals surface area contributed by atoms with Gasteiger partial charge in [0.15, 0.2) is 0 Å². The minimum absolute atomic E-state index is 0.529. The number of likely N-dealkylation sites (tertiary alicyclic amines) is 1. The first kappa shape index (κ1) is 12.9. The van der Waals surface area contributed by atoms with E-state index < -0.39 is 0 Å². The Morgan fingerprint density at radius 1 is 1.21 bits per heavy atom. The third-order valence-electron chi connectivity index (χ3n) is 4.47. The van der Waals surface area contributed by atoms with Crippen LogP contribution < -0.4 is 10.6 Å². The monoisotopic (exact) mass is 260 g/mol. The summed E-state index contributed by atoms with van der Waals surface area (Å²) in [7, 11) is 0. The van der Waals surface area contributed by atoms with Gasteiger partial charge < -0.3 is 10.6 Å². The van der Waals surface area contributed by atoms with Crippen molar-refractivity contribution in [2.45, 2.75) is 38.3 Å². The summed E-state index contributed by atoms with van der Waals surface area (Å²) >= 11 is 0. The molecule has 0 amide bonds. The zero-order valence-corrected chi connectivity index (χ0v) is 11.6. The summed E-state index contributed by atoms with van der Waals surface area (Å²) in [5, 5.41) is 0. The molecule has 4 nitrogen and oxygen atoms in total. The molecule has 3 heterocycles. The summed E-state index contributed by atoms with van der Waals surface area (Å²) in [6.07, 6.45) is 7.27. The van der Waals surface area contributed by atoms with Crippen molar-refractivity contribution in [2.75, 3.05) is 31.1 Å². The number of pyridine rings is 1. The molecule has 0 spiro atoms. The Bertz CT molecular complexity index is 414. The molecule has 2 aliphatic heterocycles. The lowest BCUT2D eigenvalue weighted by Crippen LogP contribution is -2.41. The average molecular weight is 260 g/mol. The standard InChI is InChI=1S/C15H24N4/c16-11-14-15(5-4-7-17-14)19-10-6-13(12-19)18-8-2-1-3-9-18/h4-5,7,13H,1-3,6,8-12,16H2. The normalized spacial score (nSPS) is 24.9. The number of nitrogens with two attached hydrogens (primary N) is 1. The van der Waals surface area contributed by atoms with E-state index in [1.54, 1.807) is 0 Å². The predicted octanol–water partition coefficient (Wildman–Crippen LogP) is 1.60. The molecule has 19 heavy (non-hydrogen) atoms. The summed E-state index contributed by atoms with van der Waals surface area (Å²) in [5.41, 5.74) is 8.07. The van der Waals surface area contributed by atoms with Gasteiger partial charge in [0.05, 0.1) is 11.4 Å². The molecule has 2 N–H and O–H groups in total. The van der Waals surface area contributed by atoms with E-state index in [2.05, 4.69) is 20.9 Å². The van der Waals surface area contributed by atoms with Crippen LogP contribution in [0, 0.1) is 0 Å². The van der Waals surface area contributed by atoms with E-state index in [0.717, 1.165) is 24.8 Å². The Morgan fingerprint density at radius 3 is 2.84 bits per heavy atom. The minimum atomic E-state index is 0.529. The number of hydrogen-bond acceptors (Lipinski definition) is 4. The van der Waals surface area contributed by atoms with Crippen LogP contribution in [0.4, 0.5) is 5.69 Å². The number of anilines is 1. The Kier molecular flexibility index (Phi) is 3.99. The van der Waals surface area contributed by atoms with Gasteiger partial charge in [-0.15, -0.1) is 0 Å². The van der Waals surface area contributed by atoms with Crippen LogP contribution in [0.2, 0.25) is 0 Å². The van der Waals surface area contributed by atoms with E-state index >= 15 is 0 Å². The van der Waals surface area contributed by atoms with Crippen LogP contribution in [0.1, 0.15) is 31.4 Å². The van der Waals surface area contributed by atoms with Crippen LogP contribution >= 0.6 is 0 Å². The van der Waals surface area contributed by atoms with Crippen LogP contribution in [-0.2, 0) is 6.54 Å². The summed E-state index contributed by atoms with van der Waals surface area (Å²) in [5.74, 6) is 0. The fourth-order valence-corrected chi connectivity index (χ4v) is 3.42. The molecule has 0 aromatic carbocycles. The predicted molar refractivity (Wildman–Crippen MR) is 78.2 cm³/mol. The lowest BCUT2D eigenvalue weighted by atomic mass is 10.1. The van der Waals surface area contributed by atoms with Crippen molar-refractivity contribution in [3.8, 4) is 0 Å². The topological polar surface area (TPSA) is 45.4 Å². The van der Waals surface area contributed by atoms with Crippen molar-refractivity contribution in [1.82, 2.24) is 9.88 Å². The first-order valence-electron chi connectivity index (χ1n) is 7.51. The largest absolute Gasteiger partial charge is 0.368 e. The first-order chi connectivity index (χ1) is 9.38. The molecule has 1 aromatic rings. The number of aromatic nitrogens is 1. The number of hydrogen-bond donors (Lipinski definition) is 1. The number of rotatable bonds is 3. The van der Waals surface area contributed by atoms with Gasteiger partial charge in [0.25, 0.3) is 0 Å². The SMILES string of the molecule is NCc1ncccc1N1CCC(N2CCCCC2)C1. The summed E-state index contributed by atoms with van der Waals surface area (Å²) in [4.78, 5) is 9.55. The highest BCUT2D eigenvalue weighted by atomic mass is 15.3. The maximum absolute atomic E-state index is 5.80. The molecule has 3 rings (SSSR count). The van der Waals surface area contributed by atoms with Crippen molar-refractivity contribution in [1.29, 1.82) is 0 Å². The lowest BCUT2D eigenvalue weighted by Gasteiger charge is -2.32. The molecule has 2 aliphatic rings. The van der Waals surface area contributed by atoms with Gasteiger partial charge >= 0.3 is 0 Å². The summed E-state index contributed by atoms with van der Waals surface area (Å²) in [6, 6.07) is 4.90. The molecule has 2 fully saturated rings. The van der Waals surface area contributed by atoms with Gasteiger partial charge in [0, 0.05) is 31.9 Å². The zero-order chi connectivity index (χ0) is 13.1. The number of piperidine rings is 1. The number of nitrogens with zero attached hydrogens (tertiary/aromatic N) is 3. The van der Waals surface area contributed by atoms with E-state index in [1.807, 2.05) is 12.3 Å². The third kappa shape index (κ3) is 2.74. The molecule has 0 radical (unpaired) electrons. The highest BCUT2D eigenvalue weighted by molar-refractivity contribution is 5.51. The van der Waals surface area contributed by atoms with Gasteiger partial charge in [0.1, 0.15) is 0 Å². The van der Waals surface area contributed by atoms with Gasteiger partial charge in [0.2, 0.25) is 0 Å². The molecule has 1 aromatic heterocycles. The fraction of sp³-hybridized carbons (Fsp3) is 0.667. The fourth-order valence-electron chi connectivity index (χ4n) is 3.42. The van der Waals surface area contributed by atoms with Crippen molar-refractivity contribution < 1.29 is 0 Å². The van der Waals surface area contributed by atoms with Crippen LogP contribution in [0.5, 0.6) is 0 Å². The molecule has 4 heteroatoms. The molecule has 2 saturated heterocycles. The van der Waals surface area contributed by atoms with Crippen LogP contribution in [0.3, 0.4) is 0 Å². The Hall–Kier alpha value is -1.13. The van der Waals surface area contributed by atoms with Crippen molar-refractivity contribution in [3.63, 3.8) is 0 Å². The van der Waals surface area contributed by atoms with E-state index in [9.17, 15) is 0 Å². The lowest BCUT2D eigenvalue weighted by molar-refractivity contribution is 0.175. The highest BCUT2D eigenvalue weighted by Gasteiger charge is 2.29. The molecule has 1 atom stereocenters. The Morgan fingerprint density at radius 2 is 2.05 bits per heavy atom. The van der Waals surface area contributed by atoms with Crippen LogP contribution in [0.15, 0.2) is 18.3 Å².